The first-order valence-corrected chi connectivity index (χ1v) is 8.50. The summed E-state index contributed by atoms with van der Waals surface area (Å²) in [5.41, 5.74) is 1.62. The Balaban J connectivity index is 2.11. The molecule has 0 spiro atoms. The Morgan fingerprint density at radius 1 is 1.14 bits per heavy atom. The lowest BCUT2D eigenvalue weighted by Crippen LogP contribution is -2.43. The molecular weight excluding hydrogens is 256 g/mol. The van der Waals surface area contributed by atoms with Crippen LogP contribution in [0.1, 0.15) is 58.6 Å². The van der Waals surface area contributed by atoms with E-state index in [1.165, 1.54) is 37.9 Å². The van der Waals surface area contributed by atoms with Crippen molar-refractivity contribution in [3.05, 3.63) is 35.9 Å². The van der Waals surface area contributed by atoms with Crippen LogP contribution in [0.3, 0.4) is 0 Å². The third-order valence-corrected chi connectivity index (χ3v) is 4.50. The van der Waals surface area contributed by atoms with Gasteiger partial charge in [0.1, 0.15) is 0 Å². The number of hydrogen-bond acceptors (Lipinski definition) is 2. The largest absolute Gasteiger partial charge is 0.310 e. The average molecular weight is 288 g/mol. The summed E-state index contributed by atoms with van der Waals surface area (Å²) < 4.78 is 0. The minimum absolute atomic E-state index is 0.173. The van der Waals surface area contributed by atoms with Crippen LogP contribution in [0.15, 0.2) is 30.3 Å². The zero-order valence-corrected chi connectivity index (χ0v) is 14.2. The highest BCUT2D eigenvalue weighted by Crippen LogP contribution is 2.26. The van der Waals surface area contributed by atoms with E-state index < -0.39 is 0 Å². The van der Waals surface area contributed by atoms with Crippen molar-refractivity contribution >= 4 is 0 Å². The molecule has 0 saturated carbocycles. The zero-order valence-electron chi connectivity index (χ0n) is 14.2. The number of hydrogen-bond donors (Lipinski definition) is 1. The van der Waals surface area contributed by atoms with E-state index in [4.69, 9.17) is 0 Å². The topological polar surface area (TPSA) is 15.3 Å². The molecule has 2 heteroatoms. The van der Waals surface area contributed by atoms with Gasteiger partial charge in [-0.1, -0.05) is 37.3 Å². The van der Waals surface area contributed by atoms with Crippen LogP contribution in [0.4, 0.5) is 0 Å². The maximum absolute atomic E-state index is 3.71. The Kier molecular flexibility index (Phi) is 5.83. The molecule has 21 heavy (non-hydrogen) atoms. The molecule has 2 atom stereocenters. The highest BCUT2D eigenvalue weighted by molar-refractivity contribution is 5.19. The summed E-state index contributed by atoms with van der Waals surface area (Å²) in [6.07, 6.45) is 4.05. The molecule has 0 amide bonds. The molecule has 2 rings (SSSR count). The van der Waals surface area contributed by atoms with Gasteiger partial charge in [-0.05, 0) is 64.6 Å². The molecule has 0 aliphatic carbocycles. The van der Waals surface area contributed by atoms with Crippen molar-refractivity contribution in [1.82, 2.24) is 10.2 Å². The van der Waals surface area contributed by atoms with Gasteiger partial charge in [-0.15, -0.1) is 0 Å². The van der Waals surface area contributed by atoms with Crippen LogP contribution >= 0.6 is 0 Å². The predicted octanol–water partition coefficient (Wildman–Crippen LogP) is 4.24. The van der Waals surface area contributed by atoms with Gasteiger partial charge in [0.25, 0.3) is 0 Å². The molecule has 1 heterocycles. The molecule has 1 fully saturated rings. The number of nitrogens with one attached hydrogen (secondary N) is 1. The Hall–Kier alpha value is -0.860. The summed E-state index contributed by atoms with van der Waals surface area (Å²) in [5.74, 6) is 0.877. The van der Waals surface area contributed by atoms with E-state index in [2.05, 4.69) is 68.2 Å². The van der Waals surface area contributed by atoms with E-state index in [-0.39, 0.29) is 5.54 Å². The maximum atomic E-state index is 3.71. The van der Waals surface area contributed by atoms with Crippen LogP contribution < -0.4 is 5.32 Å². The molecule has 1 N–H and O–H groups in total. The first-order valence-electron chi connectivity index (χ1n) is 8.50. The highest BCUT2D eigenvalue weighted by atomic mass is 15.2. The molecule has 1 saturated heterocycles. The lowest BCUT2D eigenvalue weighted by atomic mass is 10.0. The van der Waals surface area contributed by atoms with Crippen LogP contribution in [-0.4, -0.2) is 30.1 Å². The van der Waals surface area contributed by atoms with Gasteiger partial charge in [-0.25, -0.2) is 0 Å². The van der Waals surface area contributed by atoms with Gasteiger partial charge in [-0.3, -0.25) is 4.90 Å². The standard InChI is InChI=1S/C19H32N2/c1-16-9-8-13-21(14-12-16)18(15-20-19(2,3)4)17-10-6-5-7-11-17/h5-7,10-11,16,18,20H,8-9,12-15H2,1-4H3. The van der Waals surface area contributed by atoms with Crippen molar-refractivity contribution in [2.24, 2.45) is 5.92 Å². The van der Waals surface area contributed by atoms with Gasteiger partial charge in [0.05, 0.1) is 0 Å². The summed E-state index contributed by atoms with van der Waals surface area (Å²) >= 11 is 0. The number of benzene rings is 1. The first kappa shape index (κ1) is 16.5. The summed E-state index contributed by atoms with van der Waals surface area (Å²) in [4.78, 5) is 2.69. The van der Waals surface area contributed by atoms with Gasteiger partial charge in [0.15, 0.2) is 0 Å². The van der Waals surface area contributed by atoms with Crippen molar-refractivity contribution in [2.75, 3.05) is 19.6 Å². The van der Waals surface area contributed by atoms with E-state index in [0.29, 0.717) is 6.04 Å². The van der Waals surface area contributed by atoms with Gasteiger partial charge in [0, 0.05) is 18.1 Å². The average Bonchev–Trinajstić information content (AvgIpc) is 2.64. The maximum Gasteiger partial charge on any atom is 0.0472 e. The van der Waals surface area contributed by atoms with Gasteiger partial charge >= 0.3 is 0 Å². The zero-order chi connectivity index (χ0) is 15.3. The van der Waals surface area contributed by atoms with Crippen LogP contribution in [0, 0.1) is 5.92 Å². The molecule has 1 aliphatic rings. The minimum Gasteiger partial charge on any atom is -0.310 e. The Labute approximate surface area is 130 Å². The molecule has 2 unspecified atom stereocenters. The molecule has 1 aliphatic heterocycles. The molecule has 118 valence electrons. The molecule has 0 bridgehead atoms. The Morgan fingerprint density at radius 2 is 1.86 bits per heavy atom. The monoisotopic (exact) mass is 288 g/mol. The fourth-order valence-electron chi connectivity index (χ4n) is 3.13. The van der Waals surface area contributed by atoms with Crippen LogP contribution in [0.2, 0.25) is 0 Å². The van der Waals surface area contributed by atoms with Crippen molar-refractivity contribution in [3.8, 4) is 0 Å². The summed E-state index contributed by atoms with van der Waals surface area (Å²) in [6.45, 7) is 12.6. The van der Waals surface area contributed by atoms with E-state index in [0.717, 1.165) is 12.5 Å². The second-order valence-corrected chi connectivity index (χ2v) is 7.63. The van der Waals surface area contributed by atoms with Crippen molar-refractivity contribution in [1.29, 1.82) is 0 Å². The smallest absolute Gasteiger partial charge is 0.0472 e. The summed E-state index contributed by atoms with van der Waals surface area (Å²) in [7, 11) is 0. The third kappa shape index (κ3) is 5.44. The van der Waals surface area contributed by atoms with E-state index in [1.807, 2.05) is 0 Å². The number of rotatable bonds is 4. The lowest BCUT2D eigenvalue weighted by Gasteiger charge is -2.34. The minimum atomic E-state index is 0.173. The lowest BCUT2D eigenvalue weighted by molar-refractivity contribution is 0.188. The SMILES string of the molecule is CC1CCCN(C(CNC(C)(C)C)c2ccccc2)CC1. The first-order chi connectivity index (χ1) is 9.96. The molecular formula is C19H32N2. The number of nitrogens with zero attached hydrogens (tertiary/aromatic N) is 1. The summed E-state index contributed by atoms with van der Waals surface area (Å²) in [6, 6.07) is 11.5. The van der Waals surface area contributed by atoms with E-state index in [1.54, 1.807) is 0 Å². The normalized spacial score (nSPS) is 22.8. The van der Waals surface area contributed by atoms with Gasteiger partial charge in [-0.2, -0.15) is 0 Å². The second-order valence-electron chi connectivity index (χ2n) is 7.63. The third-order valence-electron chi connectivity index (χ3n) is 4.50. The van der Waals surface area contributed by atoms with E-state index >= 15 is 0 Å². The Bertz CT molecular complexity index is 407. The van der Waals surface area contributed by atoms with Crippen molar-refractivity contribution in [2.45, 2.75) is 58.5 Å². The van der Waals surface area contributed by atoms with Gasteiger partial charge < -0.3 is 5.32 Å². The van der Waals surface area contributed by atoms with Crippen LogP contribution in [0.25, 0.3) is 0 Å². The van der Waals surface area contributed by atoms with Crippen molar-refractivity contribution in [3.63, 3.8) is 0 Å². The Morgan fingerprint density at radius 3 is 2.52 bits per heavy atom. The molecule has 2 nitrogen and oxygen atoms in total. The fourth-order valence-corrected chi connectivity index (χ4v) is 3.13. The molecule has 1 aromatic carbocycles. The highest BCUT2D eigenvalue weighted by Gasteiger charge is 2.24. The van der Waals surface area contributed by atoms with Crippen LogP contribution in [-0.2, 0) is 0 Å². The van der Waals surface area contributed by atoms with Crippen molar-refractivity contribution < 1.29 is 0 Å². The van der Waals surface area contributed by atoms with Gasteiger partial charge in [0.2, 0.25) is 0 Å². The molecule has 0 aromatic heterocycles. The predicted molar refractivity (Wildman–Crippen MR) is 91.5 cm³/mol. The molecule has 0 radical (unpaired) electrons. The second kappa shape index (κ2) is 7.42. The summed E-state index contributed by atoms with van der Waals surface area (Å²) in [5, 5.41) is 3.71. The quantitative estimate of drug-likeness (QED) is 0.891. The number of likely N-dealkylation sites (tertiary alicyclic amines) is 1. The molecule has 1 aromatic rings. The van der Waals surface area contributed by atoms with E-state index in [9.17, 15) is 0 Å². The van der Waals surface area contributed by atoms with Crippen LogP contribution in [0.5, 0.6) is 0 Å². The fraction of sp³-hybridized carbons (Fsp3) is 0.684.